The Bertz CT molecular complexity index is 385. The Morgan fingerprint density at radius 2 is 1.95 bits per heavy atom. The second-order valence-corrected chi connectivity index (χ2v) is 4.75. The molecule has 19 heavy (non-hydrogen) atoms. The molecule has 0 radical (unpaired) electrons. The van der Waals surface area contributed by atoms with Gasteiger partial charge < -0.3 is 26.2 Å². The third-order valence-electron chi connectivity index (χ3n) is 2.99. The molecule has 1 aliphatic rings. The third kappa shape index (κ3) is 3.65. The van der Waals surface area contributed by atoms with Gasteiger partial charge >= 0.3 is 5.97 Å². The fourth-order valence-electron chi connectivity index (χ4n) is 1.95. The summed E-state index contributed by atoms with van der Waals surface area (Å²) in [5.74, 6) is -2.21. The van der Waals surface area contributed by atoms with E-state index in [9.17, 15) is 19.5 Å². The lowest BCUT2D eigenvalue weighted by molar-refractivity contribution is -0.149. The van der Waals surface area contributed by atoms with Crippen LogP contribution in [0.2, 0.25) is 0 Å². The topological polar surface area (TPSA) is 133 Å². The number of carboxylic acids is 1. The predicted octanol–water partition coefficient (Wildman–Crippen LogP) is -2.12. The van der Waals surface area contributed by atoms with Crippen molar-refractivity contribution in [3.63, 3.8) is 0 Å². The van der Waals surface area contributed by atoms with E-state index in [1.54, 1.807) is 0 Å². The molecule has 8 nitrogen and oxygen atoms in total. The van der Waals surface area contributed by atoms with Gasteiger partial charge in [0.1, 0.15) is 12.1 Å². The smallest absolute Gasteiger partial charge is 0.326 e. The van der Waals surface area contributed by atoms with Gasteiger partial charge in [0.25, 0.3) is 0 Å². The van der Waals surface area contributed by atoms with Crippen LogP contribution in [-0.4, -0.2) is 63.7 Å². The molecular weight excluding hydrogens is 254 g/mol. The molecule has 2 amide bonds. The van der Waals surface area contributed by atoms with Crippen LogP contribution in [0.4, 0.5) is 0 Å². The van der Waals surface area contributed by atoms with Gasteiger partial charge in [0.15, 0.2) is 0 Å². The number of β-amino-alcohol motifs (C(OH)–C–C–N with tert-alkyl or cyclic N) is 1. The van der Waals surface area contributed by atoms with E-state index in [2.05, 4.69) is 5.32 Å². The Hall–Kier alpha value is -1.67. The minimum Gasteiger partial charge on any atom is -0.480 e. The summed E-state index contributed by atoms with van der Waals surface area (Å²) in [7, 11) is 0. The minimum atomic E-state index is -1.17. The Labute approximate surface area is 110 Å². The number of carbonyl (C=O) groups excluding carboxylic acids is 2. The average molecular weight is 273 g/mol. The molecule has 0 spiro atoms. The van der Waals surface area contributed by atoms with Crippen molar-refractivity contribution in [2.75, 3.05) is 6.54 Å². The first-order chi connectivity index (χ1) is 8.73. The van der Waals surface area contributed by atoms with Crippen molar-refractivity contribution in [3.05, 3.63) is 0 Å². The number of amides is 2. The number of carbonyl (C=O) groups is 3. The molecule has 1 fully saturated rings. The van der Waals surface area contributed by atoms with E-state index in [0.717, 1.165) is 4.90 Å². The van der Waals surface area contributed by atoms with Crippen LogP contribution < -0.4 is 11.1 Å². The summed E-state index contributed by atoms with van der Waals surface area (Å²) in [6, 6.07) is -2.70. The Morgan fingerprint density at radius 3 is 2.42 bits per heavy atom. The quantitative estimate of drug-likeness (QED) is 0.463. The number of hydrogen-bond acceptors (Lipinski definition) is 5. The Morgan fingerprint density at radius 1 is 1.37 bits per heavy atom. The predicted molar refractivity (Wildman–Crippen MR) is 65.0 cm³/mol. The van der Waals surface area contributed by atoms with Gasteiger partial charge in [0.2, 0.25) is 11.8 Å². The first-order valence-electron chi connectivity index (χ1n) is 6.01. The number of nitrogens with one attached hydrogen (secondary N) is 1. The van der Waals surface area contributed by atoms with Crippen LogP contribution in [0.15, 0.2) is 0 Å². The van der Waals surface area contributed by atoms with E-state index >= 15 is 0 Å². The van der Waals surface area contributed by atoms with Crippen LogP contribution >= 0.6 is 0 Å². The molecule has 0 unspecified atom stereocenters. The van der Waals surface area contributed by atoms with Crippen molar-refractivity contribution in [3.8, 4) is 0 Å². The van der Waals surface area contributed by atoms with Gasteiger partial charge in [-0.2, -0.15) is 0 Å². The molecule has 0 bridgehead atoms. The molecule has 0 aromatic carbocycles. The van der Waals surface area contributed by atoms with E-state index in [0.29, 0.717) is 0 Å². The molecule has 5 N–H and O–H groups in total. The van der Waals surface area contributed by atoms with Gasteiger partial charge in [-0.3, -0.25) is 9.59 Å². The third-order valence-corrected chi connectivity index (χ3v) is 2.99. The van der Waals surface area contributed by atoms with Gasteiger partial charge in [0.05, 0.1) is 12.1 Å². The highest BCUT2D eigenvalue weighted by molar-refractivity contribution is 5.91. The number of aliphatic hydroxyl groups is 1. The standard InChI is InChI=1S/C11H19N3O5/c1-5(12)9(16)13-6(2)10(17)14-4-7(15)3-8(14)11(18)19/h5-8,15H,3-4,12H2,1-2H3,(H,13,16)(H,18,19)/t5-,6-,7+,8-/m0/s1. The average Bonchev–Trinajstić information content (AvgIpc) is 2.70. The van der Waals surface area contributed by atoms with E-state index in [4.69, 9.17) is 10.8 Å². The summed E-state index contributed by atoms with van der Waals surface area (Å²) < 4.78 is 0. The highest BCUT2D eigenvalue weighted by Crippen LogP contribution is 2.19. The van der Waals surface area contributed by atoms with Gasteiger partial charge in [-0.15, -0.1) is 0 Å². The van der Waals surface area contributed by atoms with Gasteiger partial charge in [-0.25, -0.2) is 4.79 Å². The number of nitrogens with two attached hydrogens (primary N) is 1. The molecule has 4 atom stereocenters. The molecule has 1 saturated heterocycles. The summed E-state index contributed by atoms with van der Waals surface area (Å²) in [5, 5.41) is 20.8. The van der Waals surface area contributed by atoms with E-state index in [-0.39, 0.29) is 13.0 Å². The summed E-state index contributed by atoms with van der Waals surface area (Å²) in [6.45, 7) is 2.88. The van der Waals surface area contributed by atoms with Crippen molar-refractivity contribution in [2.24, 2.45) is 5.73 Å². The van der Waals surface area contributed by atoms with Crippen molar-refractivity contribution in [2.45, 2.75) is 44.5 Å². The number of hydrogen-bond donors (Lipinski definition) is 4. The van der Waals surface area contributed by atoms with Crippen LogP contribution in [-0.2, 0) is 14.4 Å². The van der Waals surface area contributed by atoms with Crippen LogP contribution in [0, 0.1) is 0 Å². The normalized spacial score (nSPS) is 25.8. The fraction of sp³-hybridized carbons (Fsp3) is 0.727. The largest absolute Gasteiger partial charge is 0.480 e. The molecule has 0 saturated carbocycles. The highest BCUT2D eigenvalue weighted by Gasteiger charge is 2.40. The lowest BCUT2D eigenvalue weighted by Gasteiger charge is -2.25. The number of carboxylic acid groups (broad SMARTS) is 1. The lowest BCUT2D eigenvalue weighted by atomic mass is 10.2. The molecule has 108 valence electrons. The number of aliphatic carboxylic acids is 1. The van der Waals surface area contributed by atoms with Crippen LogP contribution in [0.25, 0.3) is 0 Å². The van der Waals surface area contributed by atoms with Crippen molar-refractivity contribution in [1.82, 2.24) is 10.2 Å². The molecule has 0 aromatic heterocycles. The van der Waals surface area contributed by atoms with Crippen molar-refractivity contribution in [1.29, 1.82) is 0 Å². The maximum atomic E-state index is 12.1. The number of rotatable bonds is 4. The first kappa shape index (κ1) is 15.4. The van der Waals surface area contributed by atoms with Gasteiger partial charge in [0, 0.05) is 13.0 Å². The zero-order chi connectivity index (χ0) is 14.7. The van der Waals surface area contributed by atoms with Crippen LogP contribution in [0.5, 0.6) is 0 Å². The molecule has 1 heterocycles. The first-order valence-corrected chi connectivity index (χ1v) is 6.01. The summed E-state index contributed by atoms with van der Waals surface area (Å²) >= 11 is 0. The minimum absolute atomic E-state index is 0.00493. The van der Waals surface area contributed by atoms with Crippen LogP contribution in [0.3, 0.4) is 0 Å². The number of likely N-dealkylation sites (tertiary alicyclic amines) is 1. The van der Waals surface area contributed by atoms with E-state index in [1.807, 2.05) is 0 Å². The molecular formula is C11H19N3O5. The second kappa shape index (κ2) is 5.98. The van der Waals surface area contributed by atoms with E-state index < -0.39 is 42.0 Å². The molecule has 8 heteroatoms. The number of aliphatic hydroxyl groups excluding tert-OH is 1. The molecule has 0 aromatic rings. The SMILES string of the molecule is C[C@H](N)C(=O)N[C@@H](C)C(=O)N1C[C@H](O)C[C@H]1C(=O)O. The zero-order valence-electron chi connectivity index (χ0n) is 10.9. The van der Waals surface area contributed by atoms with E-state index in [1.165, 1.54) is 13.8 Å². The Balaban J connectivity index is 2.70. The maximum Gasteiger partial charge on any atom is 0.326 e. The zero-order valence-corrected chi connectivity index (χ0v) is 10.9. The number of nitrogens with zero attached hydrogens (tertiary/aromatic N) is 1. The highest BCUT2D eigenvalue weighted by atomic mass is 16.4. The Kier molecular flexibility index (Phi) is 4.84. The summed E-state index contributed by atoms with van der Waals surface area (Å²) in [4.78, 5) is 35.5. The van der Waals surface area contributed by atoms with Gasteiger partial charge in [-0.1, -0.05) is 0 Å². The maximum absolute atomic E-state index is 12.1. The summed E-state index contributed by atoms with van der Waals surface area (Å²) in [6.07, 6.45) is -0.865. The fourth-order valence-corrected chi connectivity index (χ4v) is 1.95. The molecule has 0 aliphatic carbocycles. The molecule has 1 rings (SSSR count). The molecule has 1 aliphatic heterocycles. The van der Waals surface area contributed by atoms with Gasteiger partial charge in [-0.05, 0) is 13.8 Å². The lowest BCUT2D eigenvalue weighted by Crippen LogP contribution is -2.52. The van der Waals surface area contributed by atoms with Crippen LogP contribution in [0.1, 0.15) is 20.3 Å². The van der Waals surface area contributed by atoms with Crippen molar-refractivity contribution < 1.29 is 24.6 Å². The monoisotopic (exact) mass is 273 g/mol. The summed E-state index contributed by atoms with van der Waals surface area (Å²) in [5.41, 5.74) is 5.36. The van der Waals surface area contributed by atoms with Crippen molar-refractivity contribution >= 4 is 17.8 Å². The second-order valence-electron chi connectivity index (χ2n) is 4.75.